The predicted molar refractivity (Wildman–Crippen MR) is 72.5 cm³/mol. The Morgan fingerprint density at radius 2 is 2.32 bits per heavy atom. The summed E-state index contributed by atoms with van der Waals surface area (Å²) in [6.07, 6.45) is 6.00. The van der Waals surface area contributed by atoms with Gasteiger partial charge in [-0.3, -0.25) is 10.1 Å². The van der Waals surface area contributed by atoms with Crippen LogP contribution in [0.3, 0.4) is 0 Å². The molecule has 0 bridgehead atoms. The molecule has 1 atom stereocenters. The lowest BCUT2D eigenvalue weighted by atomic mass is 9.94. The van der Waals surface area contributed by atoms with E-state index in [0.29, 0.717) is 17.7 Å². The number of aryl methyl sites for hydroxylation is 1. The zero-order valence-electron chi connectivity index (χ0n) is 11.0. The molecule has 0 saturated heterocycles. The Morgan fingerprint density at radius 3 is 2.79 bits per heavy atom. The summed E-state index contributed by atoms with van der Waals surface area (Å²) in [7, 11) is 1.85. The number of rotatable bonds is 7. The molecule has 0 radical (unpaired) electrons. The number of nitrogens with two attached hydrogens (primary N) is 1. The second-order valence-electron chi connectivity index (χ2n) is 5.48. The minimum Gasteiger partial charge on any atom is -0.368 e. The Kier molecular flexibility index (Phi) is 3.26. The second kappa shape index (κ2) is 4.79. The molecule has 1 aromatic heterocycles. The lowest BCUT2D eigenvalue weighted by molar-refractivity contribution is -0.124. The molecular formula is C12H19N5OS. The highest BCUT2D eigenvalue weighted by molar-refractivity contribution is 7.99. The highest BCUT2D eigenvalue weighted by Gasteiger charge is 2.51. The van der Waals surface area contributed by atoms with Crippen LogP contribution in [0.15, 0.2) is 11.5 Å². The standard InChI is InChI=1S/C12H19N5OS/c1-17-11(14-7-15-17)19-6-12(10(13)18,8-2-3-8)16-9-4-5-9/h7-9,16H,2-6H2,1H3,(H2,13,18). The Hall–Kier alpha value is -1.08. The maximum absolute atomic E-state index is 12.0. The molecule has 2 aliphatic carbocycles. The van der Waals surface area contributed by atoms with Crippen LogP contribution in [0.1, 0.15) is 25.7 Å². The molecule has 1 heterocycles. The molecule has 1 unspecified atom stereocenters. The van der Waals surface area contributed by atoms with E-state index in [1.54, 1.807) is 16.4 Å². The lowest BCUT2D eigenvalue weighted by Crippen LogP contribution is -2.60. The maximum atomic E-state index is 12.0. The van der Waals surface area contributed by atoms with Crippen LogP contribution in [0.2, 0.25) is 0 Å². The minimum atomic E-state index is -0.572. The van der Waals surface area contributed by atoms with Crippen molar-refractivity contribution in [1.82, 2.24) is 20.1 Å². The third-order valence-corrected chi connectivity index (χ3v) is 5.08. The summed E-state index contributed by atoms with van der Waals surface area (Å²) in [5.74, 6) is 0.790. The fourth-order valence-electron chi connectivity index (χ4n) is 2.38. The average Bonchev–Trinajstić information content (AvgIpc) is 3.25. The van der Waals surface area contributed by atoms with Crippen molar-refractivity contribution in [2.75, 3.05) is 5.75 Å². The Morgan fingerprint density at radius 1 is 1.58 bits per heavy atom. The molecule has 0 aliphatic heterocycles. The minimum absolute atomic E-state index is 0.225. The molecular weight excluding hydrogens is 262 g/mol. The SMILES string of the molecule is Cn1ncnc1SCC(NC1CC1)(C(N)=O)C1CC1. The molecule has 2 saturated carbocycles. The summed E-state index contributed by atoms with van der Waals surface area (Å²) in [5, 5.41) is 8.36. The zero-order chi connectivity index (χ0) is 13.5. The molecule has 19 heavy (non-hydrogen) atoms. The van der Waals surface area contributed by atoms with Crippen LogP contribution in [-0.2, 0) is 11.8 Å². The number of nitrogens with one attached hydrogen (secondary N) is 1. The van der Waals surface area contributed by atoms with E-state index < -0.39 is 5.54 Å². The highest BCUT2D eigenvalue weighted by atomic mass is 32.2. The third-order valence-electron chi connectivity index (χ3n) is 3.85. The van der Waals surface area contributed by atoms with Crippen LogP contribution >= 0.6 is 11.8 Å². The van der Waals surface area contributed by atoms with Gasteiger partial charge in [0, 0.05) is 18.8 Å². The molecule has 3 N–H and O–H groups in total. The number of thioether (sulfide) groups is 1. The summed E-state index contributed by atoms with van der Waals surface area (Å²) < 4.78 is 1.72. The van der Waals surface area contributed by atoms with Gasteiger partial charge >= 0.3 is 0 Å². The van der Waals surface area contributed by atoms with E-state index in [1.165, 1.54) is 6.33 Å². The van der Waals surface area contributed by atoms with Gasteiger partial charge in [0.25, 0.3) is 0 Å². The molecule has 2 fully saturated rings. The van der Waals surface area contributed by atoms with Gasteiger partial charge in [-0.2, -0.15) is 5.10 Å². The van der Waals surface area contributed by atoms with Gasteiger partial charge in [-0.15, -0.1) is 0 Å². The van der Waals surface area contributed by atoms with Crippen LogP contribution < -0.4 is 11.1 Å². The first kappa shape index (κ1) is 12.9. The number of amides is 1. The van der Waals surface area contributed by atoms with Crippen molar-refractivity contribution in [3.8, 4) is 0 Å². The Balaban J connectivity index is 1.74. The molecule has 6 nitrogen and oxygen atoms in total. The van der Waals surface area contributed by atoms with Gasteiger partial charge in [0.2, 0.25) is 5.91 Å². The first-order chi connectivity index (χ1) is 9.12. The van der Waals surface area contributed by atoms with E-state index in [0.717, 1.165) is 30.8 Å². The fraction of sp³-hybridized carbons (Fsp3) is 0.750. The van der Waals surface area contributed by atoms with Crippen molar-refractivity contribution < 1.29 is 4.79 Å². The number of aromatic nitrogens is 3. The van der Waals surface area contributed by atoms with Gasteiger partial charge in [0.15, 0.2) is 5.16 Å². The molecule has 1 aromatic rings. The van der Waals surface area contributed by atoms with Gasteiger partial charge < -0.3 is 5.73 Å². The number of hydrogen-bond acceptors (Lipinski definition) is 5. The van der Waals surface area contributed by atoms with Crippen molar-refractivity contribution >= 4 is 17.7 Å². The summed E-state index contributed by atoms with van der Waals surface area (Å²) in [4.78, 5) is 16.2. The predicted octanol–water partition coefficient (Wildman–Crippen LogP) is 0.293. The third kappa shape index (κ3) is 2.62. The maximum Gasteiger partial charge on any atom is 0.238 e. The molecule has 1 amide bonds. The summed E-state index contributed by atoms with van der Waals surface area (Å²) >= 11 is 1.55. The number of carbonyl (C=O) groups is 1. The van der Waals surface area contributed by atoms with Gasteiger partial charge in [-0.05, 0) is 31.6 Å². The largest absolute Gasteiger partial charge is 0.368 e. The van der Waals surface area contributed by atoms with E-state index in [9.17, 15) is 4.79 Å². The van der Waals surface area contributed by atoms with Crippen molar-refractivity contribution in [3.63, 3.8) is 0 Å². The van der Waals surface area contributed by atoms with Crippen molar-refractivity contribution in [3.05, 3.63) is 6.33 Å². The number of nitrogens with zero attached hydrogens (tertiary/aromatic N) is 3. The summed E-state index contributed by atoms with van der Waals surface area (Å²) in [5.41, 5.74) is 5.14. The Labute approximate surface area is 116 Å². The van der Waals surface area contributed by atoms with Gasteiger partial charge in [0.05, 0.1) is 0 Å². The molecule has 3 rings (SSSR count). The van der Waals surface area contributed by atoms with Crippen LogP contribution in [0.4, 0.5) is 0 Å². The molecule has 7 heteroatoms. The van der Waals surface area contributed by atoms with Crippen LogP contribution in [0.5, 0.6) is 0 Å². The van der Waals surface area contributed by atoms with Crippen LogP contribution in [0.25, 0.3) is 0 Å². The summed E-state index contributed by atoms with van der Waals surface area (Å²) in [6, 6.07) is 0.466. The lowest BCUT2D eigenvalue weighted by Gasteiger charge is -2.31. The zero-order valence-corrected chi connectivity index (χ0v) is 11.8. The fourth-order valence-corrected chi connectivity index (χ4v) is 3.56. The van der Waals surface area contributed by atoms with Gasteiger partial charge in [-0.1, -0.05) is 11.8 Å². The van der Waals surface area contributed by atoms with E-state index >= 15 is 0 Å². The van der Waals surface area contributed by atoms with Gasteiger partial charge in [-0.25, -0.2) is 9.67 Å². The monoisotopic (exact) mass is 281 g/mol. The van der Waals surface area contributed by atoms with Crippen LogP contribution in [-0.4, -0.2) is 38.0 Å². The van der Waals surface area contributed by atoms with E-state index in [-0.39, 0.29) is 5.91 Å². The first-order valence-corrected chi connectivity index (χ1v) is 7.65. The van der Waals surface area contributed by atoms with Crippen LogP contribution in [0, 0.1) is 5.92 Å². The van der Waals surface area contributed by atoms with Crippen molar-refractivity contribution in [2.24, 2.45) is 18.7 Å². The first-order valence-electron chi connectivity index (χ1n) is 6.66. The molecule has 2 aliphatic rings. The van der Waals surface area contributed by atoms with E-state index in [4.69, 9.17) is 5.73 Å². The van der Waals surface area contributed by atoms with Crippen molar-refractivity contribution in [1.29, 1.82) is 0 Å². The summed E-state index contributed by atoms with van der Waals surface area (Å²) in [6.45, 7) is 0. The number of hydrogen-bond donors (Lipinski definition) is 2. The molecule has 104 valence electrons. The average molecular weight is 281 g/mol. The highest BCUT2D eigenvalue weighted by Crippen LogP contribution is 2.43. The quantitative estimate of drug-likeness (QED) is 0.702. The number of carbonyl (C=O) groups excluding carboxylic acids is 1. The molecule has 0 spiro atoms. The van der Waals surface area contributed by atoms with E-state index in [1.807, 2.05) is 7.05 Å². The number of primary amides is 1. The van der Waals surface area contributed by atoms with Crippen molar-refractivity contribution in [2.45, 2.75) is 42.4 Å². The smallest absolute Gasteiger partial charge is 0.238 e. The topological polar surface area (TPSA) is 85.8 Å². The molecule has 0 aromatic carbocycles. The second-order valence-corrected chi connectivity index (χ2v) is 6.43. The van der Waals surface area contributed by atoms with E-state index in [2.05, 4.69) is 15.4 Å². The normalized spacial score (nSPS) is 22.2. The Bertz CT molecular complexity index is 482. The van der Waals surface area contributed by atoms with Gasteiger partial charge in [0.1, 0.15) is 11.9 Å².